The van der Waals surface area contributed by atoms with E-state index in [4.69, 9.17) is 9.84 Å². The highest BCUT2D eigenvalue weighted by atomic mass is 16.5. The summed E-state index contributed by atoms with van der Waals surface area (Å²) in [6.45, 7) is 0.162. The van der Waals surface area contributed by atoms with E-state index >= 15 is 0 Å². The van der Waals surface area contributed by atoms with Gasteiger partial charge in [-0.2, -0.15) is 0 Å². The van der Waals surface area contributed by atoms with Crippen molar-refractivity contribution < 1.29 is 24.5 Å². The lowest BCUT2D eigenvalue weighted by atomic mass is 9.98. The Labute approximate surface area is 151 Å². The quantitative estimate of drug-likeness (QED) is 0.710. The van der Waals surface area contributed by atoms with E-state index in [0.29, 0.717) is 0 Å². The molecule has 26 heavy (non-hydrogen) atoms. The Morgan fingerprint density at radius 1 is 1.04 bits per heavy atom. The van der Waals surface area contributed by atoms with Gasteiger partial charge < -0.3 is 20.3 Å². The van der Waals surface area contributed by atoms with Crippen LogP contribution in [0.15, 0.2) is 48.5 Å². The number of carbonyl (C=O) groups excluding carboxylic acids is 1. The summed E-state index contributed by atoms with van der Waals surface area (Å²) in [4.78, 5) is 22.4. The van der Waals surface area contributed by atoms with Gasteiger partial charge in [0, 0.05) is 18.9 Å². The number of hydrogen-bond acceptors (Lipinski definition) is 4. The topological polar surface area (TPSA) is 95.9 Å². The Bertz CT molecular complexity index is 759. The van der Waals surface area contributed by atoms with E-state index in [1.165, 1.54) is 0 Å². The molecule has 0 heterocycles. The van der Waals surface area contributed by atoms with Crippen LogP contribution >= 0.6 is 0 Å². The van der Waals surface area contributed by atoms with Crippen molar-refractivity contribution in [2.24, 2.45) is 0 Å². The SMILES string of the molecule is O=C(O)CCC(O)CNC(=O)OCC1c2ccccc2-c2ccccc21. The minimum absolute atomic E-state index is 0.0231. The Balaban J connectivity index is 1.56. The lowest BCUT2D eigenvalue weighted by molar-refractivity contribution is -0.137. The van der Waals surface area contributed by atoms with Gasteiger partial charge in [0.15, 0.2) is 0 Å². The van der Waals surface area contributed by atoms with E-state index in [0.717, 1.165) is 22.3 Å². The third kappa shape index (κ3) is 4.03. The molecule has 0 spiro atoms. The monoisotopic (exact) mass is 355 g/mol. The van der Waals surface area contributed by atoms with Crippen molar-refractivity contribution in [3.05, 3.63) is 59.7 Å². The Morgan fingerprint density at radius 2 is 1.62 bits per heavy atom. The van der Waals surface area contributed by atoms with E-state index in [1.54, 1.807) is 0 Å². The number of ether oxygens (including phenoxy) is 1. The van der Waals surface area contributed by atoms with Crippen LogP contribution in [0.1, 0.15) is 29.9 Å². The second kappa shape index (κ2) is 8.01. The molecular weight excluding hydrogens is 334 g/mol. The van der Waals surface area contributed by atoms with Crippen LogP contribution in [-0.2, 0) is 9.53 Å². The molecule has 3 rings (SSSR count). The molecule has 1 amide bonds. The fraction of sp³-hybridized carbons (Fsp3) is 0.300. The Hall–Kier alpha value is -2.86. The summed E-state index contributed by atoms with van der Waals surface area (Å²) in [5.41, 5.74) is 4.56. The van der Waals surface area contributed by atoms with E-state index in [1.807, 2.05) is 36.4 Å². The number of nitrogens with one attached hydrogen (secondary N) is 1. The van der Waals surface area contributed by atoms with Crippen molar-refractivity contribution in [3.8, 4) is 11.1 Å². The van der Waals surface area contributed by atoms with Crippen LogP contribution in [0, 0.1) is 0 Å². The fourth-order valence-electron chi connectivity index (χ4n) is 3.24. The van der Waals surface area contributed by atoms with Crippen LogP contribution in [0.2, 0.25) is 0 Å². The van der Waals surface area contributed by atoms with E-state index in [2.05, 4.69) is 17.4 Å². The van der Waals surface area contributed by atoms with Gasteiger partial charge in [-0.3, -0.25) is 4.79 Å². The van der Waals surface area contributed by atoms with E-state index in [9.17, 15) is 14.7 Å². The smallest absolute Gasteiger partial charge is 0.407 e. The lowest BCUT2D eigenvalue weighted by Gasteiger charge is -2.15. The molecular formula is C20H21NO5. The molecule has 0 saturated heterocycles. The molecule has 2 aromatic rings. The minimum atomic E-state index is -0.981. The second-order valence-corrected chi connectivity index (χ2v) is 6.29. The number of aliphatic carboxylic acids is 1. The van der Waals surface area contributed by atoms with Crippen molar-refractivity contribution in [2.45, 2.75) is 24.9 Å². The maximum atomic E-state index is 11.9. The molecule has 6 heteroatoms. The molecule has 3 N–H and O–H groups in total. The van der Waals surface area contributed by atoms with Gasteiger partial charge >= 0.3 is 12.1 Å². The van der Waals surface area contributed by atoms with Crippen LogP contribution < -0.4 is 5.32 Å². The molecule has 136 valence electrons. The van der Waals surface area contributed by atoms with Gasteiger partial charge in [0.1, 0.15) is 6.61 Å². The predicted molar refractivity (Wildman–Crippen MR) is 95.9 cm³/mol. The third-order valence-corrected chi connectivity index (χ3v) is 4.52. The number of fused-ring (bicyclic) bond motifs is 3. The molecule has 0 aliphatic heterocycles. The van der Waals surface area contributed by atoms with Crippen LogP contribution in [0.5, 0.6) is 0 Å². The molecule has 0 radical (unpaired) electrons. The first-order chi connectivity index (χ1) is 12.6. The number of aliphatic hydroxyl groups is 1. The maximum absolute atomic E-state index is 11.9. The maximum Gasteiger partial charge on any atom is 0.407 e. The number of alkyl carbamates (subject to hydrolysis) is 1. The first-order valence-electron chi connectivity index (χ1n) is 8.55. The second-order valence-electron chi connectivity index (χ2n) is 6.29. The number of carboxylic acid groups (broad SMARTS) is 1. The average Bonchev–Trinajstić information content (AvgIpc) is 2.97. The van der Waals surface area contributed by atoms with Gasteiger partial charge in [0.2, 0.25) is 0 Å². The molecule has 0 saturated carbocycles. The predicted octanol–water partition coefficient (Wildman–Crippen LogP) is 2.75. The first kappa shape index (κ1) is 17.9. The molecule has 1 aliphatic carbocycles. The van der Waals surface area contributed by atoms with Gasteiger partial charge in [-0.25, -0.2) is 4.79 Å². The van der Waals surface area contributed by atoms with E-state index < -0.39 is 18.2 Å². The average molecular weight is 355 g/mol. The standard InChI is InChI=1S/C20H21NO5/c22-13(9-10-19(23)24)11-21-20(25)26-12-18-16-7-3-1-5-14(16)15-6-2-4-8-17(15)18/h1-8,13,18,22H,9-12H2,(H,21,25)(H,23,24). The van der Waals surface area contributed by atoms with Gasteiger partial charge in [0.05, 0.1) is 6.10 Å². The molecule has 6 nitrogen and oxygen atoms in total. The van der Waals surface area contributed by atoms with Gasteiger partial charge in [-0.15, -0.1) is 0 Å². The lowest BCUT2D eigenvalue weighted by Crippen LogP contribution is -2.33. The summed E-state index contributed by atoms with van der Waals surface area (Å²) in [6.07, 6.45) is -1.60. The van der Waals surface area contributed by atoms with Gasteiger partial charge in [-0.05, 0) is 28.7 Å². The molecule has 1 unspecified atom stereocenters. The molecule has 0 fully saturated rings. The highest BCUT2D eigenvalue weighted by molar-refractivity contribution is 5.79. The molecule has 0 aromatic heterocycles. The van der Waals surface area contributed by atoms with Gasteiger partial charge in [0.25, 0.3) is 0 Å². The third-order valence-electron chi connectivity index (χ3n) is 4.52. The zero-order valence-electron chi connectivity index (χ0n) is 14.2. The number of aliphatic hydroxyl groups excluding tert-OH is 1. The summed E-state index contributed by atoms with van der Waals surface area (Å²) in [6, 6.07) is 16.1. The molecule has 1 atom stereocenters. The largest absolute Gasteiger partial charge is 0.481 e. The molecule has 1 aliphatic rings. The van der Waals surface area contributed by atoms with Crippen molar-refractivity contribution in [1.82, 2.24) is 5.32 Å². The molecule has 0 bridgehead atoms. The zero-order valence-corrected chi connectivity index (χ0v) is 14.2. The van der Waals surface area contributed by atoms with Crippen molar-refractivity contribution >= 4 is 12.1 Å². The van der Waals surface area contributed by atoms with Crippen LogP contribution in [0.25, 0.3) is 11.1 Å². The minimum Gasteiger partial charge on any atom is -0.481 e. The first-order valence-corrected chi connectivity index (χ1v) is 8.55. The summed E-state index contributed by atoms with van der Waals surface area (Å²) in [5, 5.41) is 20.7. The summed E-state index contributed by atoms with van der Waals surface area (Å²) in [5.74, 6) is -1.00. The summed E-state index contributed by atoms with van der Waals surface area (Å²) >= 11 is 0. The number of carboxylic acids is 1. The van der Waals surface area contributed by atoms with Crippen molar-refractivity contribution in [3.63, 3.8) is 0 Å². The number of carbonyl (C=O) groups is 2. The normalized spacial score (nSPS) is 13.6. The Morgan fingerprint density at radius 3 is 2.19 bits per heavy atom. The van der Waals surface area contributed by atoms with Crippen molar-refractivity contribution in [2.75, 3.05) is 13.2 Å². The van der Waals surface area contributed by atoms with Gasteiger partial charge in [-0.1, -0.05) is 48.5 Å². The highest BCUT2D eigenvalue weighted by Gasteiger charge is 2.28. The van der Waals surface area contributed by atoms with Crippen LogP contribution in [0.4, 0.5) is 4.79 Å². The number of hydrogen-bond donors (Lipinski definition) is 3. The number of rotatable bonds is 7. The van der Waals surface area contributed by atoms with Crippen LogP contribution in [0.3, 0.4) is 0 Å². The summed E-state index contributed by atoms with van der Waals surface area (Å²) in [7, 11) is 0. The fourth-order valence-corrected chi connectivity index (χ4v) is 3.24. The van der Waals surface area contributed by atoms with E-state index in [-0.39, 0.29) is 31.9 Å². The molecule has 2 aromatic carbocycles. The summed E-state index contributed by atoms with van der Waals surface area (Å²) < 4.78 is 5.34. The Kier molecular flexibility index (Phi) is 5.53. The van der Waals surface area contributed by atoms with Crippen LogP contribution in [-0.4, -0.2) is 41.5 Å². The zero-order chi connectivity index (χ0) is 18.5. The highest BCUT2D eigenvalue weighted by Crippen LogP contribution is 2.44. The number of benzene rings is 2. The van der Waals surface area contributed by atoms with Crippen molar-refractivity contribution in [1.29, 1.82) is 0 Å². The number of amides is 1.